The number of nitrogens with one attached hydrogen (secondary N) is 3. The van der Waals surface area contributed by atoms with Crippen LogP contribution in [0, 0.1) is 11.8 Å². The van der Waals surface area contributed by atoms with Gasteiger partial charge in [0.25, 0.3) is 0 Å². The first-order valence-electron chi connectivity index (χ1n) is 5.90. The molecule has 1 rings (SSSR count). The van der Waals surface area contributed by atoms with E-state index in [9.17, 15) is 9.59 Å². The molecular formula is C11H21N3O2. The molecule has 3 N–H and O–H groups in total. The predicted molar refractivity (Wildman–Crippen MR) is 61.8 cm³/mol. The van der Waals surface area contributed by atoms with Crippen LogP contribution in [0.3, 0.4) is 0 Å². The molecule has 5 heteroatoms. The van der Waals surface area contributed by atoms with Crippen LogP contribution in [0.15, 0.2) is 0 Å². The molecule has 16 heavy (non-hydrogen) atoms. The lowest BCUT2D eigenvalue weighted by molar-refractivity contribution is -0.129. The summed E-state index contributed by atoms with van der Waals surface area (Å²) in [4.78, 5) is 22.9. The molecule has 2 amide bonds. The first-order valence-corrected chi connectivity index (χ1v) is 5.90. The Kier molecular flexibility index (Phi) is 5.25. The minimum atomic E-state index is -0.117. The second-order valence-corrected chi connectivity index (χ2v) is 4.27. The summed E-state index contributed by atoms with van der Waals surface area (Å²) in [7, 11) is 0. The van der Waals surface area contributed by atoms with Gasteiger partial charge in [-0.05, 0) is 25.4 Å². The fourth-order valence-electron chi connectivity index (χ4n) is 1.53. The van der Waals surface area contributed by atoms with Crippen molar-refractivity contribution in [1.29, 1.82) is 0 Å². The van der Waals surface area contributed by atoms with Gasteiger partial charge in [-0.15, -0.1) is 0 Å². The summed E-state index contributed by atoms with van der Waals surface area (Å²) in [5.74, 6) is 0.256. The summed E-state index contributed by atoms with van der Waals surface area (Å²) in [5, 5.41) is 8.51. The lowest BCUT2D eigenvalue weighted by atomic mass is 9.88. The molecule has 1 aliphatic heterocycles. The highest BCUT2D eigenvalue weighted by atomic mass is 16.2. The maximum atomic E-state index is 11.6. The van der Waals surface area contributed by atoms with Crippen molar-refractivity contribution in [2.24, 2.45) is 11.8 Å². The van der Waals surface area contributed by atoms with Gasteiger partial charge in [0.05, 0.1) is 6.54 Å². The average Bonchev–Trinajstić information content (AvgIpc) is 2.20. The minimum Gasteiger partial charge on any atom is -0.355 e. The van der Waals surface area contributed by atoms with Crippen molar-refractivity contribution in [3.63, 3.8) is 0 Å². The van der Waals surface area contributed by atoms with E-state index in [1.807, 2.05) is 13.8 Å². The molecule has 0 aliphatic carbocycles. The van der Waals surface area contributed by atoms with Crippen molar-refractivity contribution in [1.82, 2.24) is 16.0 Å². The Morgan fingerprint density at radius 1 is 1.38 bits per heavy atom. The lowest BCUT2D eigenvalue weighted by Crippen LogP contribution is -2.50. The van der Waals surface area contributed by atoms with Crippen LogP contribution in [0.25, 0.3) is 0 Å². The third-order valence-electron chi connectivity index (χ3n) is 2.93. The van der Waals surface area contributed by atoms with Crippen LogP contribution in [-0.4, -0.2) is 38.0 Å². The van der Waals surface area contributed by atoms with E-state index in [2.05, 4.69) is 16.0 Å². The molecular weight excluding hydrogens is 206 g/mol. The second kappa shape index (κ2) is 6.48. The van der Waals surface area contributed by atoms with E-state index in [1.165, 1.54) is 0 Å². The Labute approximate surface area is 96.4 Å². The first-order chi connectivity index (χ1) is 7.65. The average molecular weight is 227 g/mol. The topological polar surface area (TPSA) is 70.2 Å². The zero-order chi connectivity index (χ0) is 12.0. The molecule has 1 saturated heterocycles. The van der Waals surface area contributed by atoms with Gasteiger partial charge >= 0.3 is 0 Å². The van der Waals surface area contributed by atoms with E-state index in [0.29, 0.717) is 12.5 Å². The van der Waals surface area contributed by atoms with Gasteiger partial charge in [-0.2, -0.15) is 0 Å². The standard InChI is InChI=1S/C11H21N3O2/c1-3-4-13-10(15)7-14-11(16)8(2)9-5-12-6-9/h8-9,12H,3-7H2,1-2H3,(H,13,15)(H,14,16). The number of carbonyl (C=O) groups excluding carboxylic acids is 2. The third-order valence-corrected chi connectivity index (χ3v) is 2.93. The fourth-order valence-corrected chi connectivity index (χ4v) is 1.53. The maximum Gasteiger partial charge on any atom is 0.239 e. The highest BCUT2D eigenvalue weighted by Gasteiger charge is 2.28. The summed E-state index contributed by atoms with van der Waals surface area (Å²) >= 11 is 0. The van der Waals surface area contributed by atoms with Gasteiger partial charge in [0.2, 0.25) is 11.8 Å². The molecule has 1 atom stereocenters. The van der Waals surface area contributed by atoms with E-state index in [1.54, 1.807) is 0 Å². The Hall–Kier alpha value is -1.10. The molecule has 0 aromatic heterocycles. The SMILES string of the molecule is CCCNC(=O)CNC(=O)C(C)C1CNC1. The normalized spacial score (nSPS) is 17.4. The van der Waals surface area contributed by atoms with Crippen molar-refractivity contribution in [3.05, 3.63) is 0 Å². The molecule has 92 valence electrons. The zero-order valence-corrected chi connectivity index (χ0v) is 10.0. The number of amides is 2. The van der Waals surface area contributed by atoms with Crippen molar-refractivity contribution in [2.75, 3.05) is 26.2 Å². The maximum absolute atomic E-state index is 11.6. The van der Waals surface area contributed by atoms with Gasteiger partial charge in [0.15, 0.2) is 0 Å². The molecule has 1 aliphatic rings. The first kappa shape index (κ1) is 13.0. The van der Waals surface area contributed by atoms with Crippen molar-refractivity contribution < 1.29 is 9.59 Å². The molecule has 0 spiro atoms. The molecule has 0 radical (unpaired) electrons. The second-order valence-electron chi connectivity index (χ2n) is 4.27. The molecule has 1 fully saturated rings. The number of hydrogen-bond acceptors (Lipinski definition) is 3. The molecule has 5 nitrogen and oxygen atoms in total. The minimum absolute atomic E-state index is 0.0137. The molecule has 0 saturated carbocycles. The van der Waals surface area contributed by atoms with Crippen molar-refractivity contribution in [2.45, 2.75) is 20.3 Å². The van der Waals surface area contributed by atoms with Crippen LogP contribution in [0.2, 0.25) is 0 Å². The summed E-state index contributed by atoms with van der Waals surface area (Å²) in [6, 6.07) is 0. The van der Waals surface area contributed by atoms with Gasteiger partial charge in [0.1, 0.15) is 0 Å². The van der Waals surface area contributed by atoms with Crippen LogP contribution in [0.5, 0.6) is 0 Å². The van der Waals surface area contributed by atoms with E-state index < -0.39 is 0 Å². The monoisotopic (exact) mass is 227 g/mol. The van der Waals surface area contributed by atoms with Gasteiger partial charge in [-0.3, -0.25) is 9.59 Å². The number of carbonyl (C=O) groups is 2. The van der Waals surface area contributed by atoms with E-state index in [0.717, 1.165) is 19.5 Å². The van der Waals surface area contributed by atoms with E-state index in [4.69, 9.17) is 0 Å². The number of hydrogen-bond donors (Lipinski definition) is 3. The summed E-state index contributed by atoms with van der Waals surface area (Å²) in [5.41, 5.74) is 0. The van der Waals surface area contributed by atoms with Crippen LogP contribution in [0.1, 0.15) is 20.3 Å². The van der Waals surface area contributed by atoms with Gasteiger partial charge in [-0.25, -0.2) is 0 Å². The largest absolute Gasteiger partial charge is 0.355 e. The number of rotatable bonds is 6. The van der Waals surface area contributed by atoms with Crippen molar-refractivity contribution >= 4 is 11.8 Å². The van der Waals surface area contributed by atoms with E-state index in [-0.39, 0.29) is 24.3 Å². The predicted octanol–water partition coefficient (Wildman–Crippen LogP) is -0.516. The third kappa shape index (κ3) is 3.81. The lowest BCUT2D eigenvalue weighted by Gasteiger charge is -2.31. The quantitative estimate of drug-likeness (QED) is 0.572. The molecule has 0 bridgehead atoms. The fraction of sp³-hybridized carbons (Fsp3) is 0.818. The molecule has 0 aromatic rings. The Morgan fingerprint density at radius 2 is 2.06 bits per heavy atom. The summed E-state index contributed by atoms with van der Waals surface area (Å²) in [6.45, 7) is 6.45. The highest BCUT2D eigenvalue weighted by Crippen LogP contribution is 2.15. The van der Waals surface area contributed by atoms with Crippen molar-refractivity contribution in [3.8, 4) is 0 Å². The van der Waals surface area contributed by atoms with E-state index >= 15 is 0 Å². The Bertz CT molecular complexity index is 252. The summed E-state index contributed by atoms with van der Waals surface area (Å²) < 4.78 is 0. The Morgan fingerprint density at radius 3 is 2.56 bits per heavy atom. The van der Waals surface area contributed by atoms with Crippen LogP contribution < -0.4 is 16.0 Å². The van der Waals surface area contributed by atoms with Crippen LogP contribution >= 0.6 is 0 Å². The summed E-state index contributed by atoms with van der Waals surface area (Å²) in [6.07, 6.45) is 0.907. The molecule has 1 unspecified atom stereocenters. The highest BCUT2D eigenvalue weighted by molar-refractivity contribution is 5.85. The smallest absolute Gasteiger partial charge is 0.239 e. The van der Waals surface area contributed by atoms with Gasteiger partial charge < -0.3 is 16.0 Å². The zero-order valence-electron chi connectivity index (χ0n) is 10.0. The van der Waals surface area contributed by atoms with Gasteiger partial charge in [0, 0.05) is 12.5 Å². The van der Waals surface area contributed by atoms with Crippen LogP contribution in [0.4, 0.5) is 0 Å². The van der Waals surface area contributed by atoms with Crippen LogP contribution in [-0.2, 0) is 9.59 Å². The van der Waals surface area contributed by atoms with Gasteiger partial charge in [-0.1, -0.05) is 13.8 Å². The molecule has 0 aromatic carbocycles. The molecule has 1 heterocycles. The Balaban J connectivity index is 2.15.